The first-order valence-electron chi connectivity index (χ1n) is 12.5. The van der Waals surface area contributed by atoms with Gasteiger partial charge in [0.15, 0.2) is 0 Å². The standard InChI is InChI=1S/C30H31FN4O2/c1-3-4-8-19-34(30(37)24-13-11-22(2)12-14-24)21-29(36)32-28-20-27(23-9-6-5-7-10-23)33-35(28)26-17-15-25(31)16-18-26/h5-7,9-18,20H,3-4,8,19,21H2,1-2H3,(H,32,36). The van der Waals surface area contributed by atoms with Crippen molar-refractivity contribution in [2.24, 2.45) is 0 Å². The maximum Gasteiger partial charge on any atom is 0.254 e. The van der Waals surface area contributed by atoms with Crippen LogP contribution >= 0.6 is 0 Å². The SMILES string of the molecule is CCCCCN(CC(=O)Nc1cc(-c2ccccc2)nn1-c1ccc(F)cc1)C(=O)c1ccc(C)cc1. The average molecular weight is 499 g/mol. The molecule has 4 aromatic rings. The van der Waals surface area contributed by atoms with E-state index < -0.39 is 0 Å². The largest absolute Gasteiger partial charge is 0.329 e. The third-order valence-electron chi connectivity index (χ3n) is 6.07. The maximum absolute atomic E-state index is 13.6. The van der Waals surface area contributed by atoms with Crippen molar-refractivity contribution in [3.63, 3.8) is 0 Å². The summed E-state index contributed by atoms with van der Waals surface area (Å²) in [5.74, 6) is -0.433. The third kappa shape index (κ3) is 6.70. The van der Waals surface area contributed by atoms with E-state index in [4.69, 9.17) is 0 Å². The Morgan fingerprint density at radius 3 is 2.32 bits per heavy atom. The molecule has 0 saturated heterocycles. The number of unbranched alkanes of at least 4 members (excludes halogenated alkanes) is 2. The van der Waals surface area contributed by atoms with Gasteiger partial charge in [-0.15, -0.1) is 0 Å². The van der Waals surface area contributed by atoms with Gasteiger partial charge in [0.25, 0.3) is 5.91 Å². The van der Waals surface area contributed by atoms with E-state index in [0.29, 0.717) is 29.3 Å². The number of aromatic nitrogens is 2. The fraction of sp³-hybridized carbons (Fsp3) is 0.233. The van der Waals surface area contributed by atoms with Gasteiger partial charge in [0.05, 0.1) is 11.4 Å². The smallest absolute Gasteiger partial charge is 0.254 e. The van der Waals surface area contributed by atoms with Gasteiger partial charge in [-0.05, 0) is 49.7 Å². The van der Waals surface area contributed by atoms with Gasteiger partial charge in [-0.2, -0.15) is 5.10 Å². The van der Waals surface area contributed by atoms with E-state index in [1.54, 1.807) is 39.9 Å². The zero-order chi connectivity index (χ0) is 26.2. The lowest BCUT2D eigenvalue weighted by molar-refractivity contribution is -0.117. The van der Waals surface area contributed by atoms with Crippen molar-refractivity contribution in [1.29, 1.82) is 0 Å². The second-order valence-corrected chi connectivity index (χ2v) is 9.02. The molecule has 0 aliphatic carbocycles. The Balaban J connectivity index is 1.58. The van der Waals surface area contributed by atoms with E-state index in [-0.39, 0.29) is 24.2 Å². The lowest BCUT2D eigenvalue weighted by Gasteiger charge is -2.22. The third-order valence-corrected chi connectivity index (χ3v) is 6.07. The van der Waals surface area contributed by atoms with Crippen molar-refractivity contribution >= 4 is 17.6 Å². The highest BCUT2D eigenvalue weighted by Crippen LogP contribution is 2.25. The summed E-state index contributed by atoms with van der Waals surface area (Å²) >= 11 is 0. The van der Waals surface area contributed by atoms with E-state index in [0.717, 1.165) is 30.4 Å². The number of anilines is 1. The van der Waals surface area contributed by atoms with Crippen LogP contribution in [0.5, 0.6) is 0 Å². The number of halogens is 1. The molecule has 4 rings (SSSR count). The molecular formula is C30H31FN4O2. The Hall–Kier alpha value is -4.26. The van der Waals surface area contributed by atoms with Crippen LogP contribution in [0.3, 0.4) is 0 Å². The molecule has 0 spiro atoms. The van der Waals surface area contributed by atoms with Crippen LogP contribution in [-0.4, -0.2) is 39.6 Å². The van der Waals surface area contributed by atoms with E-state index in [1.165, 1.54) is 12.1 Å². The summed E-state index contributed by atoms with van der Waals surface area (Å²) in [6, 6.07) is 24.6. The highest BCUT2D eigenvalue weighted by Gasteiger charge is 2.20. The monoisotopic (exact) mass is 498 g/mol. The van der Waals surface area contributed by atoms with Crippen LogP contribution < -0.4 is 5.32 Å². The van der Waals surface area contributed by atoms with E-state index in [9.17, 15) is 14.0 Å². The minimum Gasteiger partial charge on any atom is -0.329 e. The zero-order valence-corrected chi connectivity index (χ0v) is 21.2. The lowest BCUT2D eigenvalue weighted by Crippen LogP contribution is -2.39. The molecule has 0 radical (unpaired) electrons. The van der Waals surface area contributed by atoms with Crippen LogP contribution in [0, 0.1) is 12.7 Å². The normalized spacial score (nSPS) is 10.8. The lowest BCUT2D eigenvalue weighted by atomic mass is 10.1. The molecule has 190 valence electrons. The van der Waals surface area contributed by atoms with Crippen molar-refractivity contribution in [2.45, 2.75) is 33.1 Å². The first-order chi connectivity index (χ1) is 17.9. The number of nitrogens with zero attached hydrogens (tertiary/aromatic N) is 3. The summed E-state index contributed by atoms with van der Waals surface area (Å²) in [5.41, 5.74) is 3.77. The topological polar surface area (TPSA) is 67.2 Å². The number of benzene rings is 3. The molecule has 0 aliphatic heterocycles. The first kappa shape index (κ1) is 25.8. The van der Waals surface area contributed by atoms with Gasteiger partial charge >= 0.3 is 0 Å². The molecule has 6 nitrogen and oxygen atoms in total. The fourth-order valence-electron chi connectivity index (χ4n) is 4.04. The number of aryl methyl sites for hydroxylation is 1. The van der Waals surface area contributed by atoms with Gasteiger partial charge in [-0.1, -0.05) is 67.8 Å². The van der Waals surface area contributed by atoms with Crippen molar-refractivity contribution in [1.82, 2.24) is 14.7 Å². The summed E-state index contributed by atoms with van der Waals surface area (Å²) in [4.78, 5) is 28.1. The number of nitrogens with one attached hydrogen (secondary N) is 1. The quantitative estimate of drug-likeness (QED) is 0.263. The van der Waals surface area contributed by atoms with Crippen molar-refractivity contribution < 1.29 is 14.0 Å². The molecule has 0 unspecified atom stereocenters. The van der Waals surface area contributed by atoms with Crippen molar-refractivity contribution in [3.05, 3.63) is 102 Å². The molecule has 1 N–H and O–H groups in total. The zero-order valence-electron chi connectivity index (χ0n) is 21.2. The number of carbonyl (C=O) groups is 2. The number of hydrogen-bond donors (Lipinski definition) is 1. The van der Waals surface area contributed by atoms with Crippen molar-refractivity contribution in [2.75, 3.05) is 18.4 Å². The summed E-state index contributed by atoms with van der Waals surface area (Å²) in [5, 5.41) is 7.59. The minimum atomic E-state index is -0.359. The predicted molar refractivity (Wildman–Crippen MR) is 144 cm³/mol. The molecule has 0 fully saturated rings. The van der Waals surface area contributed by atoms with Gasteiger partial charge < -0.3 is 10.2 Å². The Kier molecular flexibility index (Phi) is 8.46. The maximum atomic E-state index is 13.6. The minimum absolute atomic E-state index is 0.0916. The molecule has 0 aliphatic rings. The van der Waals surface area contributed by atoms with Crippen LogP contribution in [0.2, 0.25) is 0 Å². The molecule has 1 heterocycles. The summed E-state index contributed by atoms with van der Waals surface area (Å²) in [6.45, 7) is 4.46. The summed E-state index contributed by atoms with van der Waals surface area (Å²) in [6.07, 6.45) is 2.79. The van der Waals surface area contributed by atoms with Crippen LogP contribution in [0.1, 0.15) is 42.1 Å². The molecule has 37 heavy (non-hydrogen) atoms. The summed E-state index contributed by atoms with van der Waals surface area (Å²) < 4.78 is 15.1. The summed E-state index contributed by atoms with van der Waals surface area (Å²) in [7, 11) is 0. The van der Waals surface area contributed by atoms with Gasteiger partial charge in [-0.25, -0.2) is 9.07 Å². The van der Waals surface area contributed by atoms with Gasteiger partial charge in [0.2, 0.25) is 5.91 Å². The van der Waals surface area contributed by atoms with Gasteiger partial charge in [-0.3, -0.25) is 9.59 Å². The molecule has 1 aromatic heterocycles. The van der Waals surface area contributed by atoms with Crippen LogP contribution in [-0.2, 0) is 4.79 Å². The first-order valence-corrected chi connectivity index (χ1v) is 12.5. The molecule has 2 amide bonds. The number of hydrogen-bond acceptors (Lipinski definition) is 3. The van der Waals surface area contributed by atoms with Crippen molar-refractivity contribution in [3.8, 4) is 16.9 Å². The molecule has 7 heteroatoms. The van der Waals surface area contributed by atoms with Crippen LogP contribution in [0.25, 0.3) is 16.9 Å². The number of amides is 2. The van der Waals surface area contributed by atoms with E-state index in [2.05, 4.69) is 17.3 Å². The number of rotatable bonds is 10. The molecule has 3 aromatic carbocycles. The molecular weight excluding hydrogens is 467 g/mol. The van der Waals surface area contributed by atoms with Gasteiger partial charge in [0, 0.05) is 23.7 Å². The van der Waals surface area contributed by atoms with Crippen LogP contribution in [0.15, 0.2) is 84.9 Å². The average Bonchev–Trinajstić information content (AvgIpc) is 3.32. The second kappa shape index (κ2) is 12.1. The number of carbonyl (C=O) groups excluding carboxylic acids is 2. The van der Waals surface area contributed by atoms with Gasteiger partial charge in [0.1, 0.15) is 18.2 Å². The second-order valence-electron chi connectivity index (χ2n) is 9.02. The Bertz CT molecular complexity index is 1330. The van der Waals surface area contributed by atoms with Crippen LogP contribution in [0.4, 0.5) is 10.2 Å². The molecule has 0 bridgehead atoms. The fourth-order valence-corrected chi connectivity index (χ4v) is 4.04. The Morgan fingerprint density at radius 1 is 0.946 bits per heavy atom. The predicted octanol–water partition coefficient (Wildman–Crippen LogP) is 6.26. The Labute approximate surface area is 216 Å². The van der Waals surface area contributed by atoms with E-state index >= 15 is 0 Å². The highest BCUT2D eigenvalue weighted by atomic mass is 19.1. The molecule has 0 saturated carbocycles. The Morgan fingerprint density at radius 2 is 1.65 bits per heavy atom. The highest BCUT2D eigenvalue weighted by molar-refractivity contribution is 5.99. The molecule has 0 atom stereocenters. The van der Waals surface area contributed by atoms with E-state index in [1.807, 2.05) is 49.4 Å².